The Balaban J connectivity index is 2.79. The molecule has 0 aromatic carbocycles. The summed E-state index contributed by atoms with van der Waals surface area (Å²) in [6, 6.07) is 3.02. The van der Waals surface area contributed by atoms with E-state index in [0.29, 0.717) is 12.4 Å². The molecule has 0 atom stereocenters. The lowest BCUT2D eigenvalue weighted by Crippen LogP contribution is -2.28. The molecule has 78 valence electrons. The monoisotopic (exact) mass is 197 g/mol. The molecule has 0 spiro atoms. The molecule has 0 saturated heterocycles. The van der Waals surface area contributed by atoms with Crippen molar-refractivity contribution in [3.05, 3.63) is 22.5 Å². The molecule has 0 saturated carbocycles. The maximum absolute atomic E-state index is 11.3. The van der Waals surface area contributed by atoms with Crippen LogP contribution in [0, 0.1) is 0 Å². The first-order valence-electron chi connectivity index (χ1n) is 4.40. The van der Waals surface area contributed by atoms with Gasteiger partial charge in [-0.05, 0) is 14.1 Å². The molecule has 0 aliphatic rings. The molecule has 0 aliphatic carbocycles. The van der Waals surface area contributed by atoms with Crippen LogP contribution >= 0.6 is 0 Å². The third-order valence-corrected chi connectivity index (χ3v) is 1.81. The predicted molar refractivity (Wildman–Crippen MR) is 53.6 cm³/mol. The normalized spacial score (nSPS) is 10.6. The van der Waals surface area contributed by atoms with Gasteiger partial charge in [0.2, 0.25) is 5.88 Å². The van der Waals surface area contributed by atoms with E-state index in [-0.39, 0.29) is 5.56 Å². The number of nitrogens with zero attached hydrogens (tertiary/aromatic N) is 3. The molecule has 1 aromatic rings. The zero-order valence-corrected chi connectivity index (χ0v) is 8.73. The van der Waals surface area contributed by atoms with Crippen molar-refractivity contribution in [1.82, 2.24) is 14.7 Å². The molecule has 1 heterocycles. The van der Waals surface area contributed by atoms with Crippen molar-refractivity contribution in [3.63, 3.8) is 0 Å². The minimum atomic E-state index is -0.104. The van der Waals surface area contributed by atoms with Crippen LogP contribution in [0.25, 0.3) is 0 Å². The average molecular weight is 197 g/mol. The number of aromatic nitrogens is 2. The van der Waals surface area contributed by atoms with Crippen molar-refractivity contribution in [2.45, 2.75) is 6.54 Å². The Morgan fingerprint density at radius 1 is 1.50 bits per heavy atom. The SMILES string of the molecule is COc1ccc(=O)n(CCN(C)C)n1. The molecule has 0 aliphatic heterocycles. The van der Waals surface area contributed by atoms with Gasteiger partial charge in [-0.3, -0.25) is 4.79 Å². The van der Waals surface area contributed by atoms with Crippen molar-refractivity contribution in [2.24, 2.45) is 0 Å². The van der Waals surface area contributed by atoms with E-state index in [1.54, 1.807) is 6.07 Å². The van der Waals surface area contributed by atoms with E-state index in [1.807, 2.05) is 19.0 Å². The fourth-order valence-corrected chi connectivity index (χ4v) is 0.994. The van der Waals surface area contributed by atoms with E-state index in [2.05, 4.69) is 5.10 Å². The molecule has 0 unspecified atom stereocenters. The van der Waals surface area contributed by atoms with E-state index in [9.17, 15) is 4.79 Å². The van der Waals surface area contributed by atoms with Crippen LogP contribution in [0.2, 0.25) is 0 Å². The molecular weight excluding hydrogens is 182 g/mol. The van der Waals surface area contributed by atoms with Crippen LogP contribution in [0.4, 0.5) is 0 Å². The standard InChI is InChI=1S/C9H15N3O2/c1-11(2)6-7-12-9(13)5-4-8(10-12)14-3/h4-5H,6-7H2,1-3H3. The van der Waals surface area contributed by atoms with Crippen LogP contribution in [0.3, 0.4) is 0 Å². The van der Waals surface area contributed by atoms with Gasteiger partial charge < -0.3 is 9.64 Å². The first kappa shape index (κ1) is 10.7. The smallest absolute Gasteiger partial charge is 0.267 e. The molecular formula is C9H15N3O2. The van der Waals surface area contributed by atoms with Gasteiger partial charge in [-0.15, -0.1) is 5.10 Å². The summed E-state index contributed by atoms with van der Waals surface area (Å²) in [5, 5.41) is 4.02. The lowest BCUT2D eigenvalue weighted by Gasteiger charge is -2.10. The van der Waals surface area contributed by atoms with Crippen LogP contribution in [-0.4, -0.2) is 42.4 Å². The second kappa shape index (κ2) is 4.76. The Hall–Kier alpha value is -1.36. The fourth-order valence-electron chi connectivity index (χ4n) is 0.994. The van der Waals surface area contributed by atoms with Crippen molar-refractivity contribution in [1.29, 1.82) is 0 Å². The van der Waals surface area contributed by atoms with Gasteiger partial charge in [0.25, 0.3) is 5.56 Å². The Labute approximate surface area is 82.9 Å². The van der Waals surface area contributed by atoms with Crippen molar-refractivity contribution in [2.75, 3.05) is 27.7 Å². The molecule has 14 heavy (non-hydrogen) atoms. The van der Waals surface area contributed by atoms with E-state index in [0.717, 1.165) is 6.54 Å². The first-order valence-corrected chi connectivity index (χ1v) is 4.40. The maximum atomic E-state index is 11.3. The lowest BCUT2D eigenvalue weighted by molar-refractivity contribution is 0.344. The summed E-state index contributed by atoms with van der Waals surface area (Å²) in [7, 11) is 5.43. The number of ether oxygens (including phenoxy) is 1. The van der Waals surface area contributed by atoms with Gasteiger partial charge in [-0.1, -0.05) is 0 Å². The molecule has 0 N–H and O–H groups in total. The molecule has 5 nitrogen and oxygen atoms in total. The summed E-state index contributed by atoms with van der Waals surface area (Å²) in [6.07, 6.45) is 0. The third-order valence-electron chi connectivity index (χ3n) is 1.81. The van der Waals surface area contributed by atoms with Crippen molar-refractivity contribution >= 4 is 0 Å². The number of methoxy groups -OCH3 is 1. The second-order valence-corrected chi connectivity index (χ2v) is 3.24. The molecule has 0 bridgehead atoms. The summed E-state index contributed by atoms with van der Waals surface area (Å²) < 4.78 is 6.33. The predicted octanol–water partition coefficient (Wildman–Crippen LogP) is -0.187. The first-order chi connectivity index (χ1) is 6.63. The Morgan fingerprint density at radius 2 is 2.21 bits per heavy atom. The van der Waals surface area contributed by atoms with Gasteiger partial charge >= 0.3 is 0 Å². The van der Waals surface area contributed by atoms with Crippen LogP contribution in [-0.2, 0) is 6.54 Å². The Morgan fingerprint density at radius 3 is 2.79 bits per heavy atom. The van der Waals surface area contributed by atoms with Crippen LogP contribution in [0.15, 0.2) is 16.9 Å². The average Bonchev–Trinajstić information content (AvgIpc) is 2.16. The highest BCUT2D eigenvalue weighted by Crippen LogP contribution is 1.98. The summed E-state index contributed by atoms with van der Waals surface area (Å²) in [5.41, 5.74) is -0.104. The molecule has 0 radical (unpaired) electrons. The molecule has 1 aromatic heterocycles. The highest BCUT2D eigenvalue weighted by molar-refractivity contribution is 5.05. The maximum Gasteiger partial charge on any atom is 0.267 e. The summed E-state index contributed by atoms with van der Waals surface area (Å²) in [6.45, 7) is 1.35. The second-order valence-electron chi connectivity index (χ2n) is 3.24. The fraction of sp³-hybridized carbons (Fsp3) is 0.556. The van der Waals surface area contributed by atoms with E-state index in [1.165, 1.54) is 17.9 Å². The van der Waals surface area contributed by atoms with Gasteiger partial charge in [-0.2, -0.15) is 0 Å². The van der Waals surface area contributed by atoms with Crippen LogP contribution in [0.5, 0.6) is 5.88 Å². The van der Waals surface area contributed by atoms with Gasteiger partial charge in [0.15, 0.2) is 0 Å². The molecule has 0 fully saturated rings. The summed E-state index contributed by atoms with van der Waals surface area (Å²) >= 11 is 0. The topological polar surface area (TPSA) is 47.4 Å². The molecule has 5 heteroatoms. The number of rotatable bonds is 4. The largest absolute Gasteiger partial charge is 0.480 e. The lowest BCUT2D eigenvalue weighted by atomic mass is 10.5. The van der Waals surface area contributed by atoms with Crippen molar-refractivity contribution < 1.29 is 4.74 Å². The molecule has 0 amide bonds. The van der Waals surface area contributed by atoms with Crippen molar-refractivity contribution in [3.8, 4) is 5.88 Å². The zero-order chi connectivity index (χ0) is 10.6. The zero-order valence-electron chi connectivity index (χ0n) is 8.73. The van der Waals surface area contributed by atoms with E-state index >= 15 is 0 Å². The highest BCUT2D eigenvalue weighted by Gasteiger charge is 2.00. The Kier molecular flexibility index (Phi) is 3.64. The van der Waals surface area contributed by atoms with Gasteiger partial charge in [-0.25, -0.2) is 4.68 Å². The number of hydrogen-bond donors (Lipinski definition) is 0. The highest BCUT2D eigenvalue weighted by atomic mass is 16.5. The van der Waals surface area contributed by atoms with Gasteiger partial charge in [0.05, 0.1) is 13.7 Å². The molecule has 1 rings (SSSR count). The van der Waals surface area contributed by atoms with Crippen LogP contribution < -0.4 is 10.3 Å². The number of hydrogen-bond acceptors (Lipinski definition) is 4. The van der Waals surface area contributed by atoms with E-state index < -0.39 is 0 Å². The van der Waals surface area contributed by atoms with E-state index in [4.69, 9.17) is 4.74 Å². The summed E-state index contributed by atoms with van der Waals surface area (Å²) in [5.74, 6) is 0.461. The quantitative estimate of drug-likeness (QED) is 0.671. The van der Waals surface area contributed by atoms with Gasteiger partial charge in [0, 0.05) is 18.7 Å². The van der Waals surface area contributed by atoms with Gasteiger partial charge in [0.1, 0.15) is 0 Å². The van der Waals surface area contributed by atoms with Crippen LogP contribution in [0.1, 0.15) is 0 Å². The summed E-state index contributed by atoms with van der Waals surface area (Å²) in [4.78, 5) is 13.3. The minimum Gasteiger partial charge on any atom is -0.480 e. The number of likely N-dealkylation sites (N-methyl/N-ethyl adjacent to an activating group) is 1. The third kappa shape index (κ3) is 2.85. The minimum absolute atomic E-state index is 0.104. The Bertz CT molecular complexity index is 346.